The van der Waals surface area contributed by atoms with Gasteiger partial charge in [-0.15, -0.1) is 0 Å². The van der Waals surface area contributed by atoms with Gasteiger partial charge in [0.15, 0.2) is 0 Å². The summed E-state index contributed by atoms with van der Waals surface area (Å²) in [7, 11) is 0. The van der Waals surface area contributed by atoms with Crippen molar-refractivity contribution in [1.82, 2.24) is 5.32 Å². The molecule has 1 aliphatic heterocycles. The van der Waals surface area contributed by atoms with E-state index < -0.39 is 0 Å². The van der Waals surface area contributed by atoms with Gasteiger partial charge in [-0.25, -0.2) is 4.39 Å². The van der Waals surface area contributed by atoms with Crippen LogP contribution in [0.1, 0.15) is 38.4 Å². The molecule has 1 aromatic rings. The van der Waals surface area contributed by atoms with Crippen LogP contribution in [0.25, 0.3) is 0 Å². The maximum Gasteiger partial charge on any atom is 0.123 e. The van der Waals surface area contributed by atoms with Crippen LogP contribution < -0.4 is 5.32 Å². The van der Waals surface area contributed by atoms with Crippen LogP contribution in [0.3, 0.4) is 0 Å². The topological polar surface area (TPSA) is 21.3 Å². The van der Waals surface area contributed by atoms with E-state index >= 15 is 0 Å². The van der Waals surface area contributed by atoms with Gasteiger partial charge >= 0.3 is 0 Å². The third kappa shape index (κ3) is 4.27. The van der Waals surface area contributed by atoms with Crippen molar-refractivity contribution >= 4 is 15.9 Å². The Balaban J connectivity index is 2.07. The van der Waals surface area contributed by atoms with Gasteiger partial charge < -0.3 is 10.1 Å². The molecule has 0 bridgehead atoms. The quantitative estimate of drug-likeness (QED) is 0.860. The lowest BCUT2D eigenvalue weighted by Gasteiger charge is -2.33. The van der Waals surface area contributed by atoms with E-state index in [0.29, 0.717) is 11.8 Å². The molecule has 4 heteroatoms. The largest absolute Gasteiger partial charge is 0.373 e. The number of benzene rings is 1. The zero-order valence-corrected chi connectivity index (χ0v) is 13.7. The van der Waals surface area contributed by atoms with Gasteiger partial charge in [-0.2, -0.15) is 0 Å². The maximum atomic E-state index is 13.5. The van der Waals surface area contributed by atoms with E-state index in [4.69, 9.17) is 4.74 Å². The molecular weight excluding hydrogens is 321 g/mol. The van der Waals surface area contributed by atoms with Crippen LogP contribution >= 0.6 is 15.9 Å². The normalized spacial score (nSPS) is 23.2. The fourth-order valence-electron chi connectivity index (χ4n) is 2.69. The molecule has 1 heterocycles. The molecule has 1 saturated heterocycles. The van der Waals surface area contributed by atoms with E-state index in [-0.39, 0.29) is 11.9 Å². The van der Waals surface area contributed by atoms with Gasteiger partial charge in [0.25, 0.3) is 0 Å². The molecule has 0 radical (unpaired) electrons. The molecule has 0 amide bonds. The summed E-state index contributed by atoms with van der Waals surface area (Å²) in [6.07, 6.45) is 2.18. The van der Waals surface area contributed by atoms with Crippen molar-refractivity contribution in [3.63, 3.8) is 0 Å². The van der Waals surface area contributed by atoms with Gasteiger partial charge in [0, 0.05) is 23.5 Å². The second-order valence-corrected chi connectivity index (χ2v) is 6.77. The average Bonchev–Trinajstić information content (AvgIpc) is 2.42. The van der Waals surface area contributed by atoms with Gasteiger partial charge in [-0.3, -0.25) is 0 Å². The Morgan fingerprint density at radius 1 is 1.45 bits per heavy atom. The van der Waals surface area contributed by atoms with Crippen LogP contribution in [-0.2, 0) is 4.74 Å². The maximum absolute atomic E-state index is 13.5. The van der Waals surface area contributed by atoms with E-state index in [1.165, 1.54) is 6.07 Å². The molecule has 2 atom stereocenters. The van der Waals surface area contributed by atoms with Crippen LogP contribution in [0.5, 0.6) is 0 Å². The summed E-state index contributed by atoms with van der Waals surface area (Å²) in [4.78, 5) is 0. The molecule has 1 N–H and O–H groups in total. The van der Waals surface area contributed by atoms with Crippen LogP contribution in [0.4, 0.5) is 4.39 Å². The highest BCUT2D eigenvalue weighted by Crippen LogP contribution is 2.37. The van der Waals surface area contributed by atoms with Crippen molar-refractivity contribution in [3.05, 3.63) is 34.1 Å². The van der Waals surface area contributed by atoms with E-state index in [1.54, 1.807) is 12.1 Å². The fourth-order valence-corrected chi connectivity index (χ4v) is 3.16. The Hall–Kier alpha value is -0.450. The summed E-state index contributed by atoms with van der Waals surface area (Å²) in [5.41, 5.74) is 0.932. The lowest BCUT2D eigenvalue weighted by molar-refractivity contribution is -0.0284. The van der Waals surface area contributed by atoms with Gasteiger partial charge in [0.1, 0.15) is 5.82 Å². The molecule has 0 spiro atoms. The first kappa shape index (κ1) is 15.9. The predicted molar refractivity (Wildman–Crippen MR) is 83.2 cm³/mol. The van der Waals surface area contributed by atoms with Gasteiger partial charge in [-0.05, 0) is 49.1 Å². The van der Waals surface area contributed by atoms with Crippen molar-refractivity contribution in [3.8, 4) is 0 Å². The van der Waals surface area contributed by atoms with Crippen molar-refractivity contribution < 1.29 is 9.13 Å². The number of nitrogens with one attached hydrogen (secondary N) is 1. The standard InChI is InChI=1S/C16H23BrFNO/c1-11(2)9-19-10-12-4-3-7-20-16(12)14-8-13(18)5-6-15(14)17/h5-6,8,11-12,16,19H,3-4,7,9-10H2,1-2H3. The summed E-state index contributed by atoms with van der Waals surface area (Å²) in [5, 5.41) is 3.50. The summed E-state index contributed by atoms with van der Waals surface area (Å²) >= 11 is 3.52. The minimum absolute atomic E-state index is 0.0199. The van der Waals surface area contributed by atoms with Crippen LogP contribution in [-0.4, -0.2) is 19.7 Å². The number of hydrogen-bond donors (Lipinski definition) is 1. The minimum Gasteiger partial charge on any atom is -0.373 e. The third-order valence-electron chi connectivity index (χ3n) is 3.67. The first-order valence-electron chi connectivity index (χ1n) is 7.35. The Bertz CT molecular complexity index is 438. The van der Waals surface area contributed by atoms with Crippen molar-refractivity contribution in [2.24, 2.45) is 11.8 Å². The number of ether oxygens (including phenoxy) is 1. The van der Waals surface area contributed by atoms with Crippen LogP contribution in [0.15, 0.2) is 22.7 Å². The summed E-state index contributed by atoms with van der Waals surface area (Å²) < 4.78 is 20.4. The highest BCUT2D eigenvalue weighted by Gasteiger charge is 2.28. The molecule has 1 fully saturated rings. The third-order valence-corrected chi connectivity index (χ3v) is 4.39. The van der Waals surface area contributed by atoms with E-state index in [9.17, 15) is 4.39 Å². The smallest absolute Gasteiger partial charge is 0.123 e. The van der Waals surface area contributed by atoms with Crippen LogP contribution in [0, 0.1) is 17.7 Å². The number of rotatable bonds is 5. The summed E-state index contributed by atoms with van der Waals surface area (Å²) in [6.45, 7) is 7.09. The zero-order valence-electron chi connectivity index (χ0n) is 12.2. The summed E-state index contributed by atoms with van der Waals surface area (Å²) in [5.74, 6) is 0.839. The molecule has 2 nitrogen and oxygen atoms in total. The molecule has 1 aliphatic rings. The predicted octanol–water partition coefficient (Wildman–Crippen LogP) is 4.30. The van der Waals surface area contributed by atoms with Gasteiger partial charge in [0.05, 0.1) is 6.10 Å². The second-order valence-electron chi connectivity index (χ2n) is 5.91. The van der Waals surface area contributed by atoms with E-state index in [0.717, 1.165) is 42.6 Å². The minimum atomic E-state index is -0.203. The highest BCUT2D eigenvalue weighted by molar-refractivity contribution is 9.10. The number of hydrogen-bond acceptors (Lipinski definition) is 2. The Morgan fingerprint density at radius 3 is 3.00 bits per heavy atom. The van der Waals surface area contributed by atoms with Crippen molar-refractivity contribution in [2.45, 2.75) is 32.8 Å². The Kier molecular flexibility index (Phi) is 6.00. The molecule has 2 rings (SSSR count). The Labute approximate surface area is 129 Å². The first-order valence-corrected chi connectivity index (χ1v) is 8.14. The molecule has 0 saturated carbocycles. The van der Waals surface area contributed by atoms with Gasteiger partial charge in [0.2, 0.25) is 0 Å². The lowest BCUT2D eigenvalue weighted by atomic mass is 9.89. The molecule has 2 unspecified atom stereocenters. The van der Waals surface area contributed by atoms with Crippen LogP contribution in [0.2, 0.25) is 0 Å². The molecule has 0 aromatic heterocycles. The monoisotopic (exact) mass is 343 g/mol. The average molecular weight is 344 g/mol. The molecule has 20 heavy (non-hydrogen) atoms. The second kappa shape index (κ2) is 7.53. The zero-order chi connectivity index (χ0) is 14.5. The molecule has 1 aromatic carbocycles. The fraction of sp³-hybridized carbons (Fsp3) is 0.625. The van der Waals surface area contributed by atoms with Crippen molar-refractivity contribution in [2.75, 3.05) is 19.7 Å². The Morgan fingerprint density at radius 2 is 2.25 bits per heavy atom. The SMILES string of the molecule is CC(C)CNCC1CCCOC1c1cc(F)ccc1Br. The molecule has 112 valence electrons. The van der Waals surface area contributed by atoms with E-state index in [2.05, 4.69) is 35.1 Å². The lowest BCUT2D eigenvalue weighted by Crippen LogP contribution is -2.33. The molecular formula is C16H23BrFNO. The van der Waals surface area contributed by atoms with Crippen molar-refractivity contribution in [1.29, 1.82) is 0 Å². The number of halogens is 2. The van der Waals surface area contributed by atoms with Gasteiger partial charge in [-0.1, -0.05) is 29.8 Å². The molecule has 0 aliphatic carbocycles. The van der Waals surface area contributed by atoms with E-state index in [1.807, 2.05) is 0 Å². The highest BCUT2D eigenvalue weighted by atomic mass is 79.9. The first-order chi connectivity index (χ1) is 9.58. The summed E-state index contributed by atoms with van der Waals surface area (Å²) in [6, 6.07) is 4.83.